The number of ketones is 1. The van der Waals surface area contributed by atoms with Crippen molar-refractivity contribution in [1.82, 2.24) is 0 Å². The van der Waals surface area contributed by atoms with E-state index in [2.05, 4.69) is 0 Å². The third-order valence-corrected chi connectivity index (χ3v) is 3.34. The smallest absolute Gasteiger partial charge is 0.198 e. The average Bonchev–Trinajstić information content (AvgIpc) is 2.36. The molecule has 0 aromatic rings. The van der Waals surface area contributed by atoms with Crippen molar-refractivity contribution in [1.29, 1.82) is 0 Å². The van der Waals surface area contributed by atoms with E-state index in [0.717, 1.165) is 0 Å². The minimum absolute atomic E-state index is 0.164. The van der Waals surface area contributed by atoms with Gasteiger partial charge in [0.25, 0.3) is 0 Å². The molecule has 4 N–H and O–H groups in total. The molecule has 1 fully saturated rings. The van der Waals surface area contributed by atoms with Crippen molar-refractivity contribution in [3.05, 3.63) is 0 Å². The lowest BCUT2D eigenvalue weighted by Crippen LogP contribution is -2.57. The molecule has 1 saturated heterocycles. The van der Waals surface area contributed by atoms with Gasteiger partial charge in [-0.1, -0.05) is 0 Å². The Labute approximate surface area is 106 Å². The summed E-state index contributed by atoms with van der Waals surface area (Å²) in [5.41, 5.74) is 0. The first-order valence-electron chi connectivity index (χ1n) is 6.00. The Morgan fingerprint density at radius 1 is 1.28 bits per heavy atom. The van der Waals surface area contributed by atoms with Crippen LogP contribution in [0.2, 0.25) is 0 Å². The van der Waals surface area contributed by atoms with Crippen LogP contribution in [0.15, 0.2) is 0 Å². The van der Waals surface area contributed by atoms with Crippen molar-refractivity contribution in [2.24, 2.45) is 0 Å². The highest BCUT2D eigenvalue weighted by atomic mass is 16.5. The molecule has 1 heterocycles. The Bertz CT molecular complexity index is 279. The average molecular weight is 264 g/mol. The van der Waals surface area contributed by atoms with Crippen LogP contribution in [0.25, 0.3) is 0 Å². The fourth-order valence-electron chi connectivity index (χ4n) is 1.96. The van der Waals surface area contributed by atoms with Gasteiger partial charge in [-0.15, -0.1) is 0 Å². The zero-order valence-corrected chi connectivity index (χ0v) is 10.5. The molecule has 3 atom stereocenters. The van der Waals surface area contributed by atoms with Crippen LogP contribution >= 0.6 is 0 Å². The molecular weight excluding hydrogens is 242 g/mol. The fraction of sp³-hybridized carbons (Fsp3) is 0.909. The summed E-state index contributed by atoms with van der Waals surface area (Å²) < 4.78 is 5.69. The van der Waals surface area contributed by atoms with E-state index in [1.807, 2.05) is 7.05 Å². The van der Waals surface area contributed by atoms with Crippen LogP contribution in [0, 0.1) is 0 Å². The van der Waals surface area contributed by atoms with Crippen LogP contribution in [0.4, 0.5) is 0 Å². The second-order valence-corrected chi connectivity index (χ2v) is 4.97. The SMILES string of the molecule is C[N+]1(CC(O)C(=O)C(O)C(O)CO)CCOCC1. The first-order chi connectivity index (χ1) is 8.39. The Morgan fingerprint density at radius 2 is 1.83 bits per heavy atom. The summed E-state index contributed by atoms with van der Waals surface area (Å²) in [4.78, 5) is 11.6. The fourth-order valence-corrected chi connectivity index (χ4v) is 1.96. The van der Waals surface area contributed by atoms with Gasteiger partial charge in [0.05, 0.1) is 26.9 Å². The Morgan fingerprint density at radius 3 is 2.33 bits per heavy atom. The second-order valence-electron chi connectivity index (χ2n) is 4.97. The Hall–Kier alpha value is -0.570. The summed E-state index contributed by atoms with van der Waals surface area (Å²) in [5, 5.41) is 37.0. The number of hydrogen-bond donors (Lipinski definition) is 4. The standard InChI is InChI=1S/C11H22NO6/c1-12(2-4-18-5-3-12)6-8(14)10(16)11(17)9(15)7-13/h8-9,11,13-15,17H,2-7H2,1H3/q+1. The topological polar surface area (TPSA) is 107 Å². The lowest BCUT2D eigenvalue weighted by molar-refractivity contribution is -0.918. The number of rotatable bonds is 6. The third kappa shape index (κ3) is 3.98. The molecule has 0 saturated carbocycles. The quantitative estimate of drug-likeness (QED) is 0.384. The summed E-state index contributed by atoms with van der Waals surface area (Å²) in [6.45, 7) is 1.95. The van der Waals surface area contributed by atoms with E-state index in [0.29, 0.717) is 30.8 Å². The molecule has 0 radical (unpaired) electrons. The van der Waals surface area contributed by atoms with Crippen molar-refractivity contribution >= 4 is 5.78 Å². The Balaban J connectivity index is 2.53. The number of carbonyl (C=O) groups is 1. The van der Waals surface area contributed by atoms with E-state index in [-0.39, 0.29) is 6.54 Å². The Kier molecular flexibility index (Phi) is 5.64. The van der Waals surface area contributed by atoms with Gasteiger partial charge in [-0.25, -0.2) is 0 Å². The molecule has 106 valence electrons. The lowest BCUT2D eigenvalue weighted by Gasteiger charge is -2.38. The molecule has 0 aromatic carbocycles. The van der Waals surface area contributed by atoms with Crippen molar-refractivity contribution in [3.63, 3.8) is 0 Å². The van der Waals surface area contributed by atoms with E-state index in [4.69, 9.17) is 14.9 Å². The third-order valence-electron chi connectivity index (χ3n) is 3.34. The zero-order chi connectivity index (χ0) is 13.8. The van der Waals surface area contributed by atoms with Gasteiger partial charge in [0.15, 0.2) is 11.9 Å². The molecule has 0 bridgehead atoms. The molecule has 1 aliphatic heterocycles. The van der Waals surface area contributed by atoms with Crippen molar-refractivity contribution in [2.75, 3.05) is 46.5 Å². The molecule has 1 aliphatic rings. The number of likely N-dealkylation sites (N-methyl/N-ethyl adjacent to an activating group) is 1. The highest BCUT2D eigenvalue weighted by Crippen LogP contribution is 2.10. The number of ether oxygens (including phenoxy) is 1. The second kappa shape index (κ2) is 6.55. The molecule has 18 heavy (non-hydrogen) atoms. The zero-order valence-electron chi connectivity index (χ0n) is 10.5. The first kappa shape index (κ1) is 15.5. The predicted molar refractivity (Wildman–Crippen MR) is 61.7 cm³/mol. The maximum atomic E-state index is 11.6. The van der Waals surface area contributed by atoms with Crippen molar-refractivity contribution in [3.8, 4) is 0 Å². The number of nitrogens with zero attached hydrogens (tertiary/aromatic N) is 1. The molecule has 0 aliphatic carbocycles. The van der Waals surface area contributed by atoms with E-state index < -0.39 is 30.7 Å². The largest absolute Gasteiger partial charge is 0.394 e. The number of quaternary nitrogens is 1. The van der Waals surface area contributed by atoms with Crippen molar-refractivity contribution < 1.29 is 34.4 Å². The van der Waals surface area contributed by atoms with Gasteiger partial charge in [0, 0.05) is 0 Å². The van der Waals surface area contributed by atoms with Crippen LogP contribution in [-0.4, -0.2) is 95.5 Å². The maximum Gasteiger partial charge on any atom is 0.198 e. The number of morpholine rings is 1. The van der Waals surface area contributed by atoms with Gasteiger partial charge in [-0.3, -0.25) is 4.79 Å². The van der Waals surface area contributed by atoms with Gasteiger partial charge in [0.1, 0.15) is 31.8 Å². The summed E-state index contributed by atoms with van der Waals surface area (Å²) in [7, 11) is 1.90. The lowest BCUT2D eigenvalue weighted by atomic mass is 10.0. The van der Waals surface area contributed by atoms with E-state index in [9.17, 15) is 15.0 Å². The van der Waals surface area contributed by atoms with E-state index in [1.165, 1.54) is 0 Å². The number of hydrogen-bond acceptors (Lipinski definition) is 6. The molecule has 0 amide bonds. The van der Waals surface area contributed by atoms with Crippen LogP contribution in [-0.2, 0) is 9.53 Å². The van der Waals surface area contributed by atoms with Gasteiger partial charge >= 0.3 is 0 Å². The van der Waals surface area contributed by atoms with E-state index in [1.54, 1.807) is 0 Å². The number of carbonyl (C=O) groups excluding carboxylic acids is 1. The summed E-state index contributed by atoms with van der Waals surface area (Å²) in [6, 6.07) is 0. The van der Waals surface area contributed by atoms with Crippen LogP contribution in [0.5, 0.6) is 0 Å². The monoisotopic (exact) mass is 264 g/mol. The van der Waals surface area contributed by atoms with Gasteiger partial charge < -0.3 is 29.6 Å². The van der Waals surface area contributed by atoms with Crippen molar-refractivity contribution in [2.45, 2.75) is 18.3 Å². The molecule has 7 heteroatoms. The number of aliphatic hydroxyl groups excluding tert-OH is 4. The molecule has 3 unspecified atom stereocenters. The summed E-state index contributed by atoms with van der Waals surface area (Å²) in [6.07, 6.45) is -4.66. The minimum atomic E-state index is -1.75. The maximum absolute atomic E-state index is 11.6. The predicted octanol–water partition coefficient (Wildman–Crippen LogP) is -2.89. The van der Waals surface area contributed by atoms with Crippen LogP contribution < -0.4 is 0 Å². The molecular formula is C11H22NO6+. The first-order valence-corrected chi connectivity index (χ1v) is 6.00. The van der Waals surface area contributed by atoms with Gasteiger partial charge in [-0.05, 0) is 0 Å². The highest BCUT2D eigenvalue weighted by molar-refractivity contribution is 5.87. The van der Waals surface area contributed by atoms with Crippen LogP contribution in [0.1, 0.15) is 0 Å². The molecule has 0 aromatic heterocycles. The number of Topliss-reactive ketones (excluding diaryl/α,β-unsaturated/α-hetero) is 1. The van der Waals surface area contributed by atoms with E-state index >= 15 is 0 Å². The van der Waals surface area contributed by atoms with Gasteiger partial charge in [0.2, 0.25) is 0 Å². The molecule has 0 spiro atoms. The normalized spacial score (nSPS) is 24.3. The summed E-state index contributed by atoms with van der Waals surface area (Å²) in [5.74, 6) is -0.859. The minimum Gasteiger partial charge on any atom is -0.394 e. The number of aliphatic hydroxyl groups is 4. The molecule has 1 rings (SSSR count). The molecule has 7 nitrogen and oxygen atoms in total. The van der Waals surface area contributed by atoms with Gasteiger partial charge in [-0.2, -0.15) is 0 Å². The highest BCUT2D eigenvalue weighted by Gasteiger charge is 2.35. The summed E-state index contributed by atoms with van der Waals surface area (Å²) >= 11 is 0. The van der Waals surface area contributed by atoms with Crippen LogP contribution in [0.3, 0.4) is 0 Å².